The van der Waals surface area contributed by atoms with Crippen molar-refractivity contribution in [2.45, 2.75) is 26.3 Å². The molecule has 162 valence electrons. The molecule has 5 rings (SSSR count). The van der Waals surface area contributed by atoms with Gasteiger partial charge >= 0.3 is 6.03 Å². The van der Waals surface area contributed by atoms with Crippen LogP contribution in [-0.4, -0.2) is 36.5 Å². The van der Waals surface area contributed by atoms with Gasteiger partial charge in [0.15, 0.2) is 0 Å². The lowest BCUT2D eigenvalue weighted by Gasteiger charge is -2.36. The lowest BCUT2D eigenvalue weighted by molar-refractivity contribution is 0.0989. The van der Waals surface area contributed by atoms with Crippen LogP contribution in [0.3, 0.4) is 0 Å². The van der Waals surface area contributed by atoms with Crippen molar-refractivity contribution in [1.29, 1.82) is 0 Å². The molecule has 0 bridgehead atoms. The molecule has 32 heavy (non-hydrogen) atoms. The van der Waals surface area contributed by atoms with Crippen molar-refractivity contribution in [1.82, 2.24) is 4.90 Å². The van der Waals surface area contributed by atoms with Crippen LogP contribution in [0.2, 0.25) is 0 Å². The molecule has 3 aromatic carbocycles. The molecule has 2 heterocycles. The third-order valence-corrected chi connectivity index (χ3v) is 6.34. The fourth-order valence-corrected chi connectivity index (χ4v) is 4.59. The van der Waals surface area contributed by atoms with E-state index in [0.29, 0.717) is 25.2 Å². The maximum Gasteiger partial charge on any atom is 0.324 e. The zero-order valence-electron chi connectivity index (χ0n) is 18.3. The van der Waals surface area contributed by atoms with Crippen LogP contribution < -0.4 is 9.80 Å². The lowest BCUT2D eigenvalue weighted by Crippen LogP contribution is -2.49. The molecule has 0 aromatic heterocycles. The number of benzene rings is 3. The third-order valence-electron chi connectivity index (χ3n) is 6.34. The van der Waals surface area contributed by atoms with Gasteiger partial charge in [0.05, 0.1) is 0 Å². The second-order valence-electron chi connectivity index (χ2n) is 8.58. The predicted octanol–water partition coefficient (Wildman–Crippen LogP) is 5.03. The van der Waals surface area contributed by atoms with E-state index in [1.54, 1.807) is 4.90 Å². The molecule has 3 aromatic rings. The summed E-state index contributed by atoms with van der Waals surface area (Å²) < 4.78 is 0. The summed E-state index contributed by atoms with van der Waals surface area (Å²) in [6, 6.07) is 23.8. The molecule has 0 unspecified atom stereocenters. The van der Waals surface area contributed by atoms with Crippen LogP contribution in [-0.2, 0) is 13.0 Å². The van der Waals surface area contributed by atoms with Gasteiger partial charge in [-0.05, 0) is 55.2 Å². The number of hydrogen-bond acceptors (Lipinski definition) is 2. The quantitative estimate of drug-likeness (QED) is 0.588. The van der Waals surface area contributed by atoms with E-state index in [2.05, 4.69) is 37.3 Å². The number of amides is 3. The Morgan fingerprint density at radius 1 is 0.906 bits per heavy atom. The highest BCUT2D eigenvalue weighted by molar-refractivity contribution is 6.08. The monoisotopic (exact) mass is 425 g/mol. The van der Waals surface area contributed by atoms with Gasteiger partial charge < -0.3 is 9.80 Å². The van der Waals surface area contributed by atoms with E-state index < -0.39 is 0 Å². The maximum atomic E-state index is 13.3. The number of carbonyl (C=O) groups is 2. The van der Waals surface area contributed by atoms with Crippen molar-refractivity contribution in [3.63, 3.8) is 0 Å². The van der Waals surface area contributed by atoms with E-state index in [9.17, 15) is 9.59 Å². The van der Waals surface area contributed by atoms with E-state index in [0.717, 1.165) is 36.3 Å². The average molecular weight is 426 g/mol. The van der Waals surface area contributed by atoms with Crippen molar-refractivity contribution < 1.29 is 9.59 Å². The van der Waals surface area contributed by atoms with Gasteiger partial charge in [0.2, 0.25) is 0 Å². The van der Waals surface area contributed by atoms with Crippen LogP contribution in [0.4, 0.5) is 16.2 Å². The van der Waals surface area contributed by atoms with E-state index >= 15 is 0 Å². The van der Waals surface area contributed by atoms with Crippen molar-refractivity contribution in [3.8, 4) is 0 Å². The number of hydrogen-bond donors (Lipinski definition) is 0. The Hall–Kier alpha value is -3.60. The van der Waals surface area contributed by atoms with E-state index in [-0.39, 0.29) is 11.9 Å². The molecule has 0 radical (unpaired) electrons. The number of rotatable bonds is 4. The summed E-state index contributed by atoms with van der Waals surface area (Å²) in [6.07, 6.45) is 1.77. The van der Waals surface area contributed by atoms with Crippen LogP contribution in [0.1, 0.15) is 33.5 Å². The number of nitrogens with zero attached hydrogens (tertiary/aromatic N) is 3. The first kappa shape index (κ1) is 20.3. The highest BCUT2D eigenvalue weighted by atomic mass is 16.2. The molecule has 5 heteroatoms. The summed E-state index contributed by atoms with van der Waals surface area (Å²) in [6.45, 7) is 4.75. The molecule has 0 N–H and O–H groups in total. The molecular weight excluding hydrogens is 398 g/mol. The molecule has 2 aliphatic rings. The van der Waals surface area contributed by atoms with E-state index in [1.807, 2.05) is 52.3 Å². The minimum absolute atomic E-state index is 0.00654. The SMILES string of the molecule is Cc1ccc(CN2CCCN(c3cccc(C(=O)N4CCc5ccccc54)c3)C2=O)cc1. The van der Waals surface area contributed by atoms with E-state index in [1.165, 1.54) is 11.1 Å². The Morgan fingerprint density at radius 3 is 2.56 bits per heavy atom. The molecule has 2 aliphatic heterocycles. The van der Waals surface area contributed by atoms with Gasteiger partial charge in [0.25, 0.3) is 5.91 Å². The average Bonchev–Trinajstić information content (AvgIpc) is 3.26. The van der Waals surface area contributed by atoms with E-state index in [4.69, 9.17) is 0 Å². The molecule has 5 nitrogen and oxygen atoms in total. The largest absolute Gasteiger partial charge is 0.324 e. The Bertz CT molecular complexity index is 1160. The Balaban J connectivity index is 1.35. The maximum absolute atomic E-state index is 13.3. The van der Waals surface area contributed by atoms with Gasteiger partial charge in [-0.2, -0.15) is 0 Å². The molecule has 0 atom stereocenters. The summed E-state index contributed by atoms with van der Waals surface area (Å²) in [4.78, 5) is 32.1. The van der Waals surface area contributed by atoms with Gasteiger partial charge in [0, 0.05) is 43.1 Å². The first-order chi connectivity index (χ1) is 15.6. The summed E-state index contributed by atoms with van der Waals surface area (Å²) >= 11 is 0. The summed E-state index contributed by atoms with van der Waals surface area (Å²) in [7, 11) is 0. The second-order valence-corrected chi connectivity index (χ2v) is 8.58. The van der Waals surface area contributed by atoms with Gasteiger partial charge in [0.1, 0.15) is 0 Å². The predicted molar refractivity (Wildman–Crippen MR) is 127 cm³/mol. The number of carbonyl (C=O) groups excluding carboxylic acids is 2. The molecule has 0 spiro atoms. The van der Waals surface area contributed by atoms with Crippen molar-refractivity contribution >= 4 is 23.3 Å². The van der Waals surface area contributed by atoms with Crippen LogP contribution in [0.25, 0.3) is 0 Å². The smallest absolute Gasteiger partial charge is 0.320 e. The fraction of sp³-hybridized carbons (Fsp3) is 0.259. The number of anilines is 2. The minimum Gasteiger partial charge on any atom is -0.320 e. The lowest BCUT2D eigenvalue weighted by atomic mass is 10.1. The van der Waals surface area contributed by atoms with Gasteiger partial charge in [-0.1, -0.05) is 54.1 Å². The Morgan fingerprint density at radius 2 is 1.72 bits per heavy atom. The molecule has 1 saturated heterocycles. The van der Waals surface area contributed by atoms with Crippen molar-refractivity contribution in [2.75, 3.05) is 29.4 Å². The zero-order chi connectivity index (χ0) is 22.1. The first-order valence-corrected chi connectivity index (χ1v) is 11.2. The van der Waals surface area contributed by atoms with Crippen LogP contribution >= 0.6 is 0 Å². The van der Waals surface area contributed by atoms with Crippen LogP contribution in [0.15, 0.2) is 72.8 Å². The van der Waals surface area contributed by atoms with Gasteiger partial charge in [-0.15, -0.1) is 0 Å². The summed E-state index contributed by atoms with van der Waals surface area (Å²) in [5.41, 5.74) is 5.92. The highest BCUT2D eigenvalue weighted by Gasteiger charge is 2.29. The summed E-state index contributed by atoms with van der Waals surface area (Å²) in [5.74, 6) is -0.0160. The molecule has 0 saturated carbocycles. The van der Waals surface area contributed by atoms with Crippen molar-refractivity contribution in [3.05, 3.63) is 95.1 Å². The number of urea groups is 1. The van der Waals surface area contributed by atoms with Crippen LogP contribution in [0, 0.1) is 6.92 Å². The van der Waals surface area contributed by atoms with Crippen molar-refractivity contribution in [2.24, 2.45) is 0 Å². The Kier molecular flexibility index (Phi) is 5.39. The zero-order valence-corrected chi connectivity index (χ0v) is 18.3. The molecular formula is C27H27N3O2. The normalized spacial score (nSPS) is 15.8. The first-order valence-electron chi connectivity index (χ1n) is 11.2. The Labute approximate surface area is 188 Å². The fourth-order valence-electron chi connectivity index (χ4n) is 4.59. The van der Waals surface area contributed by atoms with Gasteiger partial charge in [-0.3, -0.25) is 9.69 Å². The third kappa shape index (κ3) is 3.86. The highest BCUT2D eigenvalue weighted by Crippen LogP contribution is 2.30. The number of aryl methyl sites for hydroxylation is 1. The molecule has 0 aliphatic carbocycles. The standard InChI is InChI=1S/C27H27N3O2/c1-20-10-12-21(13-11-20)19-28-15-5-16-29(27(28)32)24-8-4-7-23(18-24)26(31)30-17-14-22-6-2-3-9-25(22)30/h2-4,6-13,18H,5,14-17,19H2,1H3. The summed E-state index contributed by atoms with van der Waals surface area (Å²) in [5, 5.41) is 0. The molecule has 3 amide bonds. The number of para-hydroxylation sites is 1. The molecule has 1 fully saturated rings. The van der Waals surface area contributed by atoms with Gasteiger partial charge in [-0.25, -0.2) is 4.79 Å². The second kappa shape index (κ2) is 8.50. The number of fused-ring (bicyclic) bond motifs is 1. The minimum atomic E-state index is -0.0160. The van der Waals surface area contributed by atoms with Crippen LogP contribution in [0.5, 0.6) is 0 Å². The topological polar surface area (TPSA) is 43.9 Å².